The second kappa shape index (κ2) is 6.41. The Balaban J connectivity index is 2.66. The first kappa shape index (κ1) is 15.3. The van der Waals surface area contributed by atoms with Gasteiger partial charge in [-0.1, -0.05) is 25.4 Å². The van der Waals surface area contributed by atoms with Gasteiger partial charge in [-0.05, 0) is 30.2 Å². The van der Waals surface area contributed by atoms with Crippen LogP contribution in [0.25, 0.3) is 0 Å². The maximum atomic E-state index is 11.0. The molecule has 0 saturated carbocycles. The summed E-state index contributed by atoms with van der Waals surface area (Å²) >= 11 is 5.77. The molecule has 0 aliphatic rings. The SMILES string of the molecule is CC(C)C(COS(C)(=O)=O)Oc1ccc(Cl)cc1. The van der Waals surface area contributed by atoms with Crippen molar-refractivity contribution in [2.45, 2.75) is 20.0 Å². The van der Waals surface area contributed by atoms with E-state index in [1.54, 1.807) is 24.3 Å². The molecule has 0 aliphatic carbocycles. The largest absolute Gasteiger partial charge is 0.488 e. The van der Waals surface area contributed by atoms with Gasteiger partial charge in [-0.2, -0.15) is 8.42 Å². The second-order valence-corrected chi connectivity index (χ2v) is 6.42. The predicted octanol–water partition coefficient (Wildman–Crippen LogP) is 2.72. The molecule has 1 unspecified atom stereocenters. The van der Waals surface area contributed by atoms with Crippen molar-refractivity contribution in [1.82, 2.24) is 0 Å². The molecule has 0 radical (unpaired) electrons. The van der Waals surface area contributed by atoms with Crippen molar-refractivity contribution in [1.29, 1.82) is 0 Å². The van der Waals surface area contributed by atoms with Gasteiger partial charge in [0.05, 0.1) is 6.26 Å². The standard InChI is InChI=1S/C12H17ClO4S/c1-9(2)12(8-16-18(3,14)15)17-11-6-4-10(13)5-7-11/h4-7,9,12H,8H2,1-3H3. The monoisotopic (exact) mass is 292 g/mol. The molecule has 0 N–H and O–H groups in total. The Kier molecular flexibility index (Phi) is 5.44. The van der Waals surface area contributed by atoms with E-state index in [0.29, 0.717) is 10.8 Å². The molecule has 0 aromatic heterocycles. The smallest absolute Gasteiger partial charge is 0.264 e. The Labute approximate surface area is 113 Å². The zero-order valence-electron chi connectivity index (χ0n) is 10.6. The zero-order valence-corrected chi connectivity index (χ0v) is 12.2. The van der Waals surface area contributed by atoms with Gasteiger partial charge in [0.2, 0.25) is 0 Å². The Morgan fingerprint density at radius 1 is 1.22 bits per heavy atom. The third-order valence-electron chi connectivity index (χ3n) is 2.29. The number of rotatable bonds is 6. The molecule has 0 bridgehead atoms. The van der Waals surface area contributed by atoms with E-state index in [0.717, 1.165) is 6.26 Å². The summed E-state index contributed by atoms with van der Waals surface area (Å²) in [5.74, 6) is 0.762. The van der Waals surface area contributed by atoms with Gasteiger partial charge in [0.25, 0.3) is 10.1 Å². The van der Waals surface area contributed by atoms with Crippen LogP contribution in [-0.2, 0) is 14.3 Å². The summed E-state index contributed by atoms with van der Waals surface area (Å²) < 4.78 is 32.4. The summed E-state index contributed by atoms with van der Waals surface area (Å²) in [5, 5.41) is 0.621. The van der Waals surface area contributed by atoms with Crippen LogP contribution in [0.5, 0.6) is 5.75 Å². The summed E-state index contributed by atoms with van der Waals surface area (Å²) in [7, 11) is -3.45. The third-order valence-corrected chi connectivity index (χ3v) is 3.11. The van der Waals surface area contributed by atoms with Gasteiger partial charge < -0.3 is 4.74 Å². The molecule has 102 valence electrons. The lowest BCUT2D eigenvalue weighted by Gasteiger charge is -2.22. The average Bonchev–Trinajstić information content (AvgIpc) is 2.25. The topological polar surface area (TPSA) is 52.6 Å². The molecule has 0 saturated heterocycles. The van der Waals surface area contributed by atoms with E-state index in [4.69, 9.17) is 20.5 Å². The molecule has 0 heterocycles. The van der Waals surface area contributed by atoms with E-state index in [1.807, 2.05) is 13.8 Å². The molecule has 18 heavy (non-hydrogen) atoms. The first-order valence-corrected chi connectivity index (χ1v) is 7.74. The minimum atomic E-state index is -3.45. The maximum Gasteiger partial charge on any atom is 0.264 e. The van der Waals surface area contributed by atoms with E-state index >= 15 is 0 Å². The number of hydrogen-bond acceptors (Lipinski definition) is 4. The van der Waals surface area contributed by atoms with Crippen molar-refractivity contribution in [3.05, 3.63) is 29.3 Å². The van der Waals surface area contributed by atoms with E-state index < -0.39 is 10.1 Å². The van der Waals surface area contributed by atoms with Gasteiger partial charge in [0.1, 0.15) is 18.5 Å². The van der Waals surface area contributed by atoms with Crippen LogP contribution < -0.4 is 4.74 Å². The predicted molar refractivity (Wildman–Crippen MR) is 71.5 cm³/mol. The summed E-state index contributed by atoms with van der Waals surface area (Å²) in [6.07, 6.45) is 0.688. The van der Waals surface area contributed by atoms with Crippen molar-refractivity contribution in [3.63, 3.8) is 0 Å². The lowest BCUT2D eigenvalue weighted by atomic mass is 10.1. The highest BCUT2D eigenvalue weighted by Gasteiger charge is 2.18. The number of ether oxygens (including phenoxy) is 1. The first-order chi connectivity index (χ1) is 8.28. The lowest BCUT2D eigenvalue weighted by Crippen LogP contribution is -2.29. The Bertz CT molecular complexity index is 467. The summed E-state index contributed by atoms with van der Waals surface area (Å²) in [4.78, 5) is 0. The van der Waals surface area contributed by atoms with Gasteiger partial charge in [-0.25, -0.2) is 0 Å². The summed E-state index contributed by atoms with van der Waals surface area (Å²) in [6, 6.07) is 6.90. The van der Waals surface area contributed by atoms with Crippen LogP contribution in [0.1, 0.15) is 13.8 Å². The molecule has 0 spiro atoms. The minimum Gasteiger partial charge on any atom is -0.488 e. The summed E-state index contributed by atoms with van der Waals surface area (Å²) in [5.41, 5.74) is 0. The number of halogens is 1. The van der Waals surface area contributed by atoms with E-state index in [1.165, 1.54) is 0 Å². The quantitative estimate of drug-likeness (QED) is 0.757. The number of benzene rings is 1. The van der Waals surface area contributed by atoms with Crippen LogP contribution in [0, 0.1) is 5.92 Å². The van der Waals surface area contributed by atoms with E-state index in [-0.39, 0.29) is 18.6 Å². The lowest BCUT2D eigenvalue weighted by molar-refractivity contribution is 0.0946. The van der Waals surface area contributed by atoms with Crippen molar-refractivity contribution in [3.8, 4) is 5.75 Å². The van der Waals surface area contributed by atoms with Crippen LogP contribution in [0.3, 0.4) is 0 Å². The fourth-order valence-electron chi connectivity index (χ4n) is 1.24. The molecule has 1 aromatic carbocycles. The summed E-state index contributed by atoms with van der Waals surface area (Å²) in [6.45, 7) is 3.87. The Hall–Kier alpha value is -0.780. The van der Waals surface area contributed by atoms with Gasteiger partial charge in [0.15, 0.2) is 0 Å². The third kappa shape index (κ3) is 5.71. The molecule has 0 amide bonds. The van der Waals surface area contributed by atoms with Gasteiger partial charge in [0, 0.05) is 5.02 Å². The maximum absolute atomic E-state index is 11.0. The highest BCUT2D eigenvalue weighted by molar-refractivity contribution is 7.85. The molecule has 1 aromatic rings. The average molecular weight is 293 g/mol. The fraction of sp³-hybridized carbons (Fsp3) is 0.500. The highest BCUT2D eigenvalue weighted by Crippen LogP contribution is 2.19. The van der Waals surface area contributed by atoms with Crippen LogP contribution in [-0.4, -0.2) is 27.4 Å². The van der Waals surface area contributed by atoms with Gasteiger partial charge in [-0.15, -0.1) is 0 Å². The molecular formula is C12H17ClO4S. The van der Waals surface area contributed by atoms with Crippen LogP contribution in [0.15, 0.2) is 24.3 Å². The number of hydrogen-bond donors (Lipinski definition) is 0. The molecule has 1 atom stereocenters. The highest BCUT2D eigenvalue weighted by atomic mass is 35.5. The normalized spacial score (nSPS) is 13.6. The Morgan fingerprint density at radius 3 is 2.22 bits per heavy atom. The van der Waals surface area contributed by atoms with E-state index in [9.17, 15) is 8.42 Å². The minimum absolute atomic E-state index is 0.000867. The molecule has 0 aliphatic heterocycles. The van der Waals surface area contributed by atoms with Crippen LogP contribution in [0.2, 0.25) is 5.02 Å². The molecule has 4 nitrogen and oxygen atoms in total. The molecule has 6 heteroatoms. The van der Waals surface area contributed by atoms with Gasteiger partial charge in [-0.3, -0.25) is 4.18 Å². The first-order valence-electron chi connectivity index (χ1n) is 5.54. The fourth-order valence-corrected chi connectivity index (χ4v) is 1.75. The molecule has 1 rings (SSSR count). The van der Waals surface area contributed by atoms with E-state index in [2.05, 4.69) is 0 Å². The van der Waals surface area contributed by atoms with Crippen molar-refractivity contribution >= 4 is 21.7 Å². The van der Waals surface area contributed by atoms with Gasteiger partial charge >= 0.3 is 0 Å². The Morgan fingerprint density at radius 2 is 1.78 bits per heavy atom. The second-order valence-electron chi connectivity index (χ2n) is 4.34. The zero-order chi connectivity index (χ0) is 13.8. The van der Waals surface area contributed by atoms with Crippen LogP contribution >= 0.6 is 11.6 Å². The molecule has 0 fully saturated rings. The molecular weight excluding hydrogens is 276 g/mol. The van der Waals surface area contributed by atoms with Crippen molar-refractivity contribution < 1.29 is 17.3 Å². The van der Waals surface area contributed by atoms with Crippen molar-refractivity contribution in [2.75, 3.05) is 12.9 Å². The van der Waals surface area contributed by atoms with Crippen LogP contribution in [0.4, 0.5) is 0 Å². The van der Waals surface area contributed by atoms with Crippen molar-refractivity contribution in [2.24, 2.45) is 5.92 Å².